The molecule has 2 aromatic rings. The van der Waals surface area contributed by atoms with E-state index in [1.54, 1.807) is 0 Å². The zero-order chi connectivity index (χ0) is 22.0. The predicted molar refractivity (Wildman–Crippen MR) is 124 cm³/mol. The molecule has 31 heavy (non-hydrogen) atoms. The Balaban J connectivity index is 1.30. The summed E-state index contributed by atoms with van der Waals surface area (Å²) in [6.45, 7) is 7.44. The standard InChI is InChI=1S/C25H32ClN3O2/c1-18-15-23(19(2)29(18)22-5-3-4-6-22)24(30)17-27-11-13-28(14-12-27)25(31)16-20-7-9-21(26)10-8-20/h7-10,15,22H,3-6,11-14,16-17H2,1-2H3. The van der Waals surface area contributed by atoms with Crippen LogP contribution in [0.5, 0.6) is 0 Å². The second-order valence-corrected chi connectivity index (χ2v) is 9.41. The number of benzene rings is 1. The molecule has 1 aliphatic heterocycles. The first-order chi connectivity index (χ1) is 14.9. The minimum atomic E-state index is 0.133. The summed E-state index contributed by atoms with van der Waals surface area (Å²) in [4.78, 5) is 29.8. The van der Waals surface area contributed by atoms with Gasteiger partial charge in [0.05, 0.1) is 13.0 Å². The number of carbonyl (C=O) groups is 2. The largest absolute Gasteiger partial charge is 0.345 e. The summed E-state index contributed by atoms with van der Waals surface area (Å²) in [5.74, 6) is 0.326. The maximum absolute atomic E-state index is 13.1. The van der Waals surface area contributed by atoms with Gasteiger partial charge in [-0.25, -0.2) is 0 Å². The number of aryl methyl sites for hydroxylation is 1. The average Bonchev–Trinajstić information content (AvgIpc) is 3.37. The highest BCUT2D eigenvalue weighted by atomic mass is 35.5. The number of piperazine rings is 1. The van der Waals surface area contributed by atoms with Crippen LogP contribution >= 0.6 is 11.6 Å². The smallest absolute Gasteiger partial charge is 0.227 e. The predicted octanol–water partition coefficient (Wildman–Crippen LogP) is 4.44. The lowest BCUT2D eigenvalue weighted by Gasteiger charge is -2.34. The van der Waals surface area contributed by atoms with Gasteiger partial charge in [-0.15, -0.1) is 0 Å². The third-order valence-electron chi connectivity index (χ3n) is 6.84. The lowest BCUT2D eigenvalue weighted by atomic mass is 10.1. The Labute approximate surface area is 190 Å². The molecule has 5 nitrogen and oxygen atoms in total. The Morgan fingerprint density at radius 1 is 1.00 bits per heavy atom. The maximum atomic E-state index is 13.1. The van der Waals surface area contributed by atoms with Crippen molar-refractivity contribution in [2.24, 2.45) is 0 Å². The summed E-state index contributed by atoms with van der Waals surface area (Å²) in [5.41, 5.74) is 4.16. The Kier molecular flexibility index (Phi) is 6.83. The molecule has 1 aromatic heterocycles. The molecule has 2 fully saturated rings. The number of carbonyl (C=O) groups excluding carboxylic acids is 2. The molecular weight excluding hydrogens is 410 g/mol. The average molecular weight is 442 g/mol. The van der Waals surface area contributed by atoms with Crippen LogP contribution in [0.15, 0.2) is 30.3 Å². The molecule has 0 atom stereocenters. The van der Waals surface area contributed by atoms with Crippen molar-refractivity contribution in [1.82, 2.24) is 14.4 Å². The second-order valence-electron chi connectivity index (χ2n) is 8.98. The van der Waals surface area contributed by atoms with E-state index in [2.05, 4.69) is 29.4 Å². The van der Waals surface area contributed by atoms with Crippen LogP contribution in [0.4, 0.5) is 0 Å². The summed E-state index contributed by atoms with van der Waals surface area (Å²) in [6.07, 6.45) is 5.40. The third-order valence-corrected chi connectivity index (χ3v) is 7.09. The van der Waals surface area contributed by atoms with Gasteiger partial charge in [-0.2, -0.15) is 0 Å². The van der Waals surface area contributed by atoms with Crippen LogP contribution in [-0.2, 0) is 11.2 Å². The van der Waals surface area contributed by atoms with Crippen LogP contribution in [0.2, 0.25) is 5.02 Å². The number of amides is 1. The first-order valence-corrected chi connectivity index (χ1v) is 11.8. The molecule has 6 heteroatoms. The van der Waals surface area contributed by atoms with Crippen molar-refractivity contribution in [3.8, 4) is 0 Å². The number of nitrogens with zero attached hydrogens (tertiary/aromatic N) is 3. The molecule has 2 aliphatic rings. The SMILES string of the molecule is Cc1cc(C(=O)CN2CCN(C(=O)Cc3ccc(Cl)cc3)CC2)c(C)n1C1CCCC1. The van der Waals surface area contributed by atoms with Gasteiger partial charge >= 0.3 is 0 Å². The molecule has 166 valence electrons. The van der Waals surface area contributed by atoms with Gasteiger partial charge in [-0.3, -0.25) is 14.5 Å². The highest BCUT2D eigenvalue weighted by Gasteiger charge is 2.26. The lowest BCUT2D eigenvalue weighted by Crippen LogP contribution is -2.50. The highest BCUT2D eigenvalue weighted by molar-refractivity contribution is 6.30. The molecule has 0 radical (unpaired) electrons. The Bertz CT molecular complexity index is 936. The van der Waals surface area contributed by atoms with Crippen molar-refractivity contribution >= 4 is 23.3 Å². The van der Waals surface area contributed by atoms with Crippen molar-refractivity contribution in [2.45, 2.75) is 52.0 Å². The summed E-state index contributed by atoms with van der Waals surface area (Å²) in [7, 11) is 0. The van der Waals surface area contributed by atoms with Gasteiger partial charge in [0.15, 0.2) is 5.78 Å². The normalized spacial score (nSPS) is 18.0. The van der Waals surface area contributed by atoms with E-state index in [0.29, 0.717) is 37.1 Å². The van der Waals surface area contributed by atoms with Crippen LogP contribution in [0.3, 0.4) is 0 Å². The van der Waals surface area contributed by atoms with Gasteiger partial charge in [0.1, 0.15) is 0 Å². The Hall–Kier alpha value is -2.11. The van der Waals surface area contributed by atoms with E-state index in [1.165, 1.54) is 31.4 Å². The zero-order valence-electron chi connectivity index (χ0n) is 18.6. The van der Waals surface area contributed by atoms with E-state index in [4.69, 9.17) is 11.6 Å². The molecule has 1 amide bonds. The van der Waals surface area contributed by atoms with E-state index in [-0.39, 0.29) is 11.7 Å². The van der Waals surface area contributed by atoms with Crippen molar-refractivity contribution in [3.05, 3.63) is 57.9 Å². The molecule has 1 aromatic carbocycles. The maximum Gasteiger partial charge on any atom is 0.227 e. The number of halogens is 1. The lowest BCUT2D eigenvalue weighted by molar-refractivity contribution is -0.132. The van der Waals surface area contributed by atoms with Gasteiger partial charge in [-0.1, -0.05) is 36.6 Å². The Morgan fingerprint density at radius 3 is 2.29 bits per heavy atom. The molecule has 4 rings (SSSR count). The van der Waals surface area contributed by atoms with Crippen molar-refractivity contribution in [1.29, 1.82) is 0 Å². The van der Waals surface area contributed by atoms with Crippen LogP contribution in [0, 0.1) is 13.8 Å². The summed E-state index contributed by atoms with van der Waals surface area (Å²) >= 11 is 5.92. The minimum Gasteiger partial charge on any atom is -0.345 e. The third kappa shape index (κ3) is 5.04. The van der Waals surface area contributed by atoms with Crippen molar-refractivity contribution < 1.29 is 9.59 Å². The molecular formula is C25H32ClN3O2. The van der Waals surface area contributed by atoms with Gasteiger partial charge in [0.2, 0.25) is 5.91 Å². The van der Waals surface area contributed by atoms with E-state index >= 15 is 0 Å². The monoisotopic (exact) mass is 441 g/mol. The highest BCUT2D eigenvalue weighted by Crippen LogP contribution is 2.33. The summed E-state index contributed by atoms with van der Waals surface area (Å²) < 4.78 is 2.38. The van der Waals surface area contributed by atoms with Crippen LogP contribution in [-0.4, -0.2) is 58.8 Å². The van der Waals surface area contributed by atoms with E-state index in [1.807, 2.05) is 29.2 Å². The molecule has 0 N–H and O–H groups in total. The van der Waals surface area contributed by atoms with Gasteiger partial charge in [0, 0.05) is 54.2 Å². The molecule has 0 bridgehead atoms. The van der Waals surface area contributed by atoms with E-state index < -0.39 is 0 Å². The number of rotatable bonds is 6. The number of aromatic nitrogens is 1. The van der Waals surface area contributed by atoms with Crippen LogP contribution < -0.4 is 0 Å². The van der Waals surface area contributed by atoms with Gasteiger partial charge in [-0.05, 0) is 50.5 Å². The first-order valence-electron chi connectivity index (χ1n) is 11.4. The molecule has 1 aliphatic carbocycles. The molecule has 1 saturated heterocycles. The van der Waals surface area contributed by atoms with Crippen LogP contribution in [0.25, 0.3) is 0 Å². The Morgan fingerprint density at radius 2 is 1.65 bits per heavy atom. The number of hydrogen-bond donors (Lipinski definition) is 0. The number of ketones is 1. The summed E-state index contributed by atoms with van der Waals surface area (Å²) in [5, 5.41) is 0.679. The summed E-state index contributed by atoms with van der Waals surface area (Å²) in [6, 6.07) is 10.1. The zero-order valence-corrected chi connectivity index (χ0v) is 19.3. The minimum absolute atomic E-state index is 0.133. The van der Waals surface area contributed by atoms with E-state index in [9.17, 15) is 9.59 Å². The van der Waals surface area contributed by atoms with Crippen LogP contribution in [0.1, 0.15) is 59.0 Å². The second kappa shape index (κ2) is 9.58. The number of hydrogen-bond acceptors (Lipinski definition) is 3. The first kappa shape index (κ1) is 22.1. The molecule has 0 unspecified atom stereocenters. The fourth-order valence-electron chi connectivity index (χ4n) is 5.12. The fraction of sp³-hybridized carbons (Fsp3) is 0.520. The fourth-order valence-corrected chi connectivity index (χ4v) is 5.24. The number of Topliss-reactive ketones (excluding diaryl/α,β-unsaturated/α-hetero) is 1. The molecule has 2 heterocycles. The van der Waals surface area contributed by atoms with Crippen molar-refractivity contribution in [3.63, 3.8) is 0 Å². The molecule has 1 saturated carbocycles. The van der Waals surface area contributed by atoms with Gasteiger partial charge in [0.25, 0.3) is 0 Å². The topological polar surface area (TPSA) is 45.6 Å². The molecule has 0 spiro atoms. The van der Waals surface area contributed by atoms with Crippen molar-refractivity contribution in [2.75, 3.05) is 32.7 Å². The van der Waals surface area contributed by atoms with Gasteiger partial charge < -0.3 is 9.47 Å². The quantitative estimate of drug-likeness (QED) is 0.622. The van der Waals surface area contributed by atoms with E-state index in [0.717, 1.165) is 29.9 Å².